The van der Waals surface area contributed by atoms with Gasteiger partial charge in [0.1, 0.15) is 0 Å². The van der Waals surface area contributed by atoms with Crippen molar-refractivity contribution < 1.29 is 4.92 Å². The van der Waals surface area contributed by atoms with E-state index in [0.717, 1.165) is 0 Å². The first-order chi connectivity index (χ1) is 4.30. The van der Waals surface area contributed by atoms with E-state index in [1.165, 1.54) is 12.4 Å². The average Bonchev–Trinajstić information content (AvgIpc) is 1.90. The minimum Gasteiger partial charge on any atom is -0.310 e. The Morgan fingerprint density at radius 1 is 1.78 bits per heavy atom. The van der Waals surface area contributed by atoms with Crippen LogP contribution in [-0.4, -0.2) is 17.4 Å². The number of rotatable bonds is 1. The first kappa shape index (κ1) is 5.74. The Kier molecular flexibility index (Phi) is 1.44. The molecule has 0 saturated carbocycles. The average molecular weight is 127 g/mol. The van der Waals surface area contributed by atoms with Gasteiger partial charge in [0.05, 0.1) is 4.92 Å². The summed E-state index contributed by atoms with van der Waals surface area (Å²) >= 11 is 0. The third-order valence-electron chi connectivity index (χ3n) is 0.855. The Balaban J connectivity index is 2.56. The summed E-state index contributed by atoms with van der Waals surface area (Å²) < 4.78 is 0. The summed E-state index contributed by atoms with van der Waals surface area (Å²) in [5, 5.41) is 12.4. The zero-order valence-electron chi connectivity index (χ0n) is 4.52. The number of hydrogen-bond acceptors (Lipinski definition) is 4. The minimum atomic E-state index is -0.991. The lowest BCUT2D eigenvalue weighted by Gasteiger charge is -2.04. The summed E-state index contributed by atoms with van der Waals surface area (Å²) in [6.45, 7) is 0. The van der Waals surface area contributed by atoms with Gasteiger partial charge in [-0.15, -0.1) is 0 Å². The van der Waals surface area contributed by atoms with Gasteiger partial charge in [-0.3, -0.25) is 10.1 Å². The number of nitro groups is 1. The highest BCUT2D eigenvalue weighted by atomic mass is 16.6. The Bertz CT molecular complexity index is 175. The molecule has 1 aliphatic heterocycles. The van der Waals surface area contributed by atoms with E-state index in [1.54, 1.807) is 6.08 Å². The molecule has 0 radical (unpaired) electrons. The van der Waals surface area contributed by atoms with Crippen molar-refractivity contribution in [1.29, 1.82) is 0 Å². The molecule has 0 spiro atoms. The van der Waals surface area contributed by atoms with Crippen molar-refractivity contribution >= 4 is 6.21 Å². The van der Waals surface area contributed by atoms with Gasteiger partial charge in [0.2, 0.25) is 0 Å². The molecule has 0 aliphatic carbocycles. The van der Waals surface area contributed by atoms with Gasteiger partial charge in [0.25, 0.3) is 0 Å². The van der Waals surface area contributed by atoms with E-state index in [2.05, 4.69) is 10.3 Å². The molecular formula is C4H5N3O2. The van der Waals surface area contributed by atoms with Gasteiger partial charge in [-0.1, -0.05) is 0 Å². The normalized spacial score (nSPS) is 23.3. The maximum atomic E-state index is 9.95. The van der Waals surface area contributed by atoms with Crippen LogP contribution in [0.4, 0.5) is 0 Å². The summed E-state index contributed by atoms with van der Waals surface area (Å²) in [6, 6.07) is 0. The van der Waals surface area contributed by atoms with Crippen LogP contribution in [0.15, 0.2) is 17.3 Å². The molecule has 5 nitrogen and oxygen atoms in total. The molecule has 1 rings (SSSR count). The van der Waals surface area contributed by atoms with Crippen molar-refractivity contribution in [3.05, 3.63) is 22.4 Å². The predicted molar refractivity (Wildman–Crippen MR) is 31.6 cm³/mol. The van der Waals surface area contributed by atoms with Crippen molar-refractivity contribution in [3.63, 3.8) is 0 Å². The molecule has 0 aromatic rings. The molecule has 48 valence electrons. The molecule has 0 saturated heterocycles. The van der Waals surface area contributed by atoms with Crippen LogP contribution >= 0.6 is 0 Å². The Hall–Kier alpha value is -1.39. The SMILES string of the molecule is O=[N+]([O-])C1N=CC=CN1. The fourth-order valence-corrected chi connectivity index (χ4v) is 0.474. The lowest BCUT2D eigenvalue weighted by atomic mass is 10.6. The molecule has 0 aromatic carbocycles. The zero-order valence-corrected chi connectivity index (χ0v) is 4.52. The fourth-order valence-electron chi connectivity index (χ4n) is 0.474. The van der Waals surface area contributed by atoms with E-state index in [0.29, 0.717) is 0 Å². The highest BCUT2D eigenvalue weighted by Crippen LogP contribution is 1.89. The minimum absolute atomic E-state index is 0.500. The van der Waals surface area contributed by atoms with E-state index in [-0.39, 0.29) is 0 Å². The van der Waals surface area contributed by atoms with E-state index < -0.39 is 11.2 Å². The maximum Gasteiger partial charge on any atom is 0.382 e. The van der Waals surface area contributed by atoms with Crippen LogP contribution in [0.2, 0.25) is 0 Å². The van der Waals surface area contributed by atoms with Crippen LogP contribution in [0, 0.1) is 10.1 Å². The Morgan fingerprint density at radius 3 is 2.89 bits per heavy atom. The molecule has 0 aromatic heterocycles. The van der Waals surface area contributed by atoms with Crippen LogP contribution in [0.3, 0.4) is 0 Å². The van der Waals surface area contributed by atoms with Crippen molar-refractivity contribution in [1.82, 2.24) is 5.32 Å². The van der Waals surface area contributed by atoms with Crippen LogP contribution in [0.1, 0.15) is 0 Å². The number of nitrogens with one attached hydrogen (secondary N) is 1. The molecule has 1 unspecified atom stereocenters. The van der Waals surface area contributed by atoms with Crippen molar-refractivity contribution in [2.24, 2.45) is 4.99 Å². The number of allylic oxidation sites excluding steroid dienone is 1. The van der Waals surface area contributed by atoms with Gasteiger partial charge in [-0.05, 0) is 6.08 Å². The first-order valence-electron chi connectivity index (χ1n) is 2.38. The second kappa shape index (κ2) is 2.25. The van der Waals surface area contributed by atoms with E-state index >= 15 is 0 Å². The van der Waals surface area contributed by atoms with Gasteiger partial charge < -0.3 is 5.32 Å². The monoisotopic (exact) mass is 127 g/mol. The second-order valence-corrected chi connectivity index (χ2v) is 1.48. The molecule has 0 amide bonds. The second-order valence-electron chi connectivity index (χ2n) is 1.48. The van der Waals surface area contributed by atoms with E-state index in [1.807, 2.05) is 0 Å². The van der Waals surface area contributed by atoms with Crippen molar-refractivity contribution in [2.45, 2.75) is 6.29 Å². The topological polar surface area (TPSA) is 67.5 Å². The van der Waals surface area contributed by atoms with Gasteiger partial charge in [-0.25, -0.2) is 4.99 Å². The van der Waals surface area contributed by atoms with Crippen molar-refractivity contribution in [3.8, 4) is 0 Å². The van der Waals surface area contributed by atoms with Crippen LogP contribution in [0.5, 0.6) is 0 Å². The lowest BCUT2D eigenvalue weighted by Crippen LogP contribution is -2.32. The van der Waals surface area contributed by atoms with Crippen LogP contribution in [0.25, 0.3) is 0 Å². The van der Waals surface area contributed by atoms with Gasteiger partial charge >= 0.3 is 6.29 Å². The molecule has 1 N–H and O–H groups in total. The third-order valence-corrected chi connectivity index (χ3v) is 0.855. The largest absolute Gasteiger partial charge is 0.382 e. The molecule has 1 heterocycles. The summed E-state index contributed by atoms with van der Waals surface area (Å²) in [5.74, 6) is 0. The molecule has 1 aliphatic rings. The smallest absolute Gasteiger partial charge is 0.310 e. The predicted octanol–water partition coefficient (Wildman–Crippen LogP) is -0.266. The summed E-state index contributed by atoms with van der Waals surface area (Å²) in [6.07, 6.45) is 3.49. The number of aliphatic imine (C=N–C) groups is 1. The number of nitrogens with zero attached hydrogens (tertiary/aromatic N) is 2. The summed E-state index contributed by atoms with van der Waals surface area (Å²) in [5.41, 5.74) is 0. The lowest BCUT2D eigenvalue weighted by molar-refractivity contribution is -0.525. The first-order valence-corrected chi connectivity index (χ1v) is 2.38. The maximum absolute atomic E-state index is 9.95. The third kappa shape index (κ3) is 1.25. The highest BCUT2D eigenvalue weighted by Gasteiger charge is 2.14. The van der Waals surface area contributed by atoms with Gasteiger partial charge in [0.15, 0.2) is 0 Å². The molecule has 9 heavy (non-hydrogen) atoms. The van der Waals surface area contributed by atoms with Crippen LogP contribution in [-0.2, 0) is 0 Å². The summed E-state index contributed by atoms with van der Waals surface area (Å²) in [4.78, 5) is 13.0. The standard InChI is InChI=1S/C4H5N3O2/c8-7(9)4-5-2-1-3-6-4/h1-5H. The molecule has 5 heteroatoms. The van der Waals surface area contributed by atoms with E-state index in [4.69, 9.17) is 0 Å². The highest BCUT2D eigenvalue weighted by molar-refractivity contribution is 5.71. The Morgan fingerprint density at radius 2 is 2.56 bits per heavy atom. The molecular weight excluding hydrogens is 122 g/mol. The van der Waals surface area contributed by atoms with Crippen LogP contribution < -0.4 is 5.32 Å². The van der Waals surface area contributed by atoms with Gasteiger partial charge in [0, 0.05) is 12.4 Å². The zero-order chi connectivity index (χ0) is 6.69. The summed E-state index contributed by atoms with van der Waals surface area (Å²) in [7, 11) is 0. The molecule has 0 bridgehead atoms. The van der Waals surface area contributed by atoms with E-state index in [9.17, 15) is 10.1 Å². The number of hydrogen-bond donors (Lipinski definition) is 1. The molecule has 0 fully saturated rings. The van der Waals surface area contributed by atoms with Gasteiger partial charge in [-0.2, -0.15) is 0 Å². The van der Waals surface area contributed by atoms with Crippen molar-refractivity contribution in [2.75, 3.05) is 0 Å². The Labute approximate surface area is 51.2 Å². The molecule has 1 atom stereocenters. The fraction of sp³-hybridized carbons (Fsp3) is 0.250. The quantitative estimate of drug-likeness (QED) is 0.389.